The van der Waals surface area contributed by atoms with Gasteiger partial charge in [0.2, 0.25) is 0 Å². The molecule has 0 fully saturated rings. The predicted octanol–water partition coefficient (Wildman–Crippen LogP) is 5.93. The number of benzene rings is 1. The Balaban J connectivity index is 2.11. The summed E-state index contributed by atoms with van der Waals surface area (Å²) < 4.78 is 40.6. The first-order valence-electron chi connectivity index (χ1n) is 8.23. The van der Waals surface area contributed by atoms with E-state index in [1.165, 1.54) is 0 Å². The van der Waals surface area contributed by atoms with Crippen LogP contribution in [-0.2, 0) is 13.2 Å². The zero-order chi connectivity index (χ0) is 19.6. The number of alkyl halides is 3. The third-order valence-electron chi connectivity index (χ3n) is 3.97. The number of aromatic nitrogens is 3. The molecule has 0 saturated heterocycles. The topological polar surface area (TPSA) is 30.7 Å². The van der Waals surface area contributed by atoms with Crippen LogP contribution in [0.2, 0.25) is 5.02 Å². The minimum atomic E-state index is -4.45. The average molecular weight is 412 g/mol. The minimum absolute atomic E-state index is 0.223. The normalized spacial score (nSPS) is 12.7. The van der Waals surface area contributed by atoms with Crippen molar-refractivity contribution in [2.75, 3.05) is 11.5 Å². The lowest BCUT2D eigenvalue weighted by atomic mass is 10.1. The Hall–Kier alpha value is -1.99. The summed E-state index contributed by atoms with van der Waals surface area (Å²) in [6.45, 7) is 2.05. The van der Waals surface area contributed by atoms with Crippen molar-refractivity contribution in [3.63, 3.8) is 0 Å². The highest BCUT2D eigenvalue weighted by Crippen LogP contribution is 2.31. The highest BCUT2D eigenvalue weighted by atomic mass is 35.5. The van der Waals surface area contributed by atoms with Crippen LogP contribution >= 0.6 is 23.4 Å². The standard InChI is InChI=1S/C19H17ClF3N3S/c1-3-27-11-13(7-12-5-4-6-15(20)8-12)17-25-16-9-14(19(21,22)23)10-24-18(16)26(17)2/h4-10H,3,11H2,1-2H3/b13-7+. The van der Waals surface area contributed by atoms with Crippen molar-refractivity contribution in [1.82, 2.24) is 14.5 Å². The van der Waals surface area contributed by atoms with Crippen LogP contribution in [0.3, 0.4) is 0 Å². The fraction of sp³-hybridized carbons (Fsp3) is 0.263. The monoisotopic (exact) mass is 411 g/mol. The van der Waals surface area contributed by atoms with Crippen LogP contribution in [0.1, 0.15) is 23.9 Å². The van der Waals surface area contributed by atoms with Crippen molar-refractivity contribution in [2.24, 2.45) is 7.05 Å². The molecular weight excluding hydrogens is 395 g/mol. The average Bonchev–Trinajstić information content (AvgIpc) is 2.94. The van der Waals surface area contributed by atoms with Gasteiger partial charge in [-0.3, -0.25) is 0 Å². The fourth-order valence-electron chi connectivity index (χ4n) is 2.70. The van der Waals surface area contributed by atoms with Gasteiger partial charge >= 0.3 is 6.18 Å². The number of hydrogen-bond donors (Lipinski definition) is 0. The van der Waals surface area contributed by atoms with Crippen molar-refractivity contribution in [1.29, 1.82) is 0 Å². The maximum Gasteiger partial charge on any atom is 0.417 e. The van der Waals surface area contributed by atoms with Gasteiger partial charge in [-0.15, -0.1) is 0 Å². The lowest BCUT2D eigenvalue weighted by Gasteiger charge is -2.08. The highest BCUT2D eigenvalue weighted by Gasteiger charge is 2.31. The molecule has 27 heavy (non-hydrogen) atoms. The number of thioether (sulfide) groups is 1. The number of aryl methyl sites for hydroxylation is 1. The SMILES string of the molecule is CCSC/C(=C\c1cccc(Cl)c1)c1nc2cc(C(F)(F)F)cnc2n1C. The van der Waals surface area contributed by atoms with Gasteiger partial charge in [-0.2, -0.15) is 24.9 Å². The maximum atomic E-state index is 13.0. The number of nitrogens with zero attached hydrogens (tertiary/aromatic N) is 3. The molecule has 8 heteroatoms. The molecule has 1 aromatic carbocycles. The minimum Gasteiger partial charge on any atom is -0.312 e. The molecule has 0 aliphatic rings. The van der Waals surface area contributed by atoms with Crippen molar-refractivity contribution in [3.8, 4) is 0 Å². The van der Waals surface area contributed by atoms with Crippen LogP contribution in [0, 0.1) is 0 Å². The molecule has 3 rings (SSSR count). The molecule has 0 radical (unpaired) electrons. The van der Waals surface area contributed by atoms with Crippen LogP contribution in [0.4, 0.5) is 13.2 Å². The molecule has 0 aliphatic carbocycles. The number of pyridine rings is 1. The third kappa shape index (κ3) is 4.47. The van der Waals surface area contributed by atoms with Crippen LogP contribution in [0.25, 0.3) is 22.8 Å². The maximum absolute atomic E-state index is 13.0. The summed E-state index contributed by atoms with van der Waals surface area (Å²) in [4.78, 5) is 8.42. The fourth-order valence-corrected chi connectivity index (χ4v) is 3.53. The van der Waals surface area contributed by atoms with Crippen molar-refractivity contribution in [3.05, 3.63) is 58.5 Å². The molecule has 0 aliphatic heterocycles. The van der Waals surface area contributed by atoms with Gasteiger partial charge in [0.25, 0.3) is 0 Å². The highest BCUT2D eigenvalue weighted by molar-refractivity contribution is 7.99. The predicted molar refractivity (Wildman–Crippen MR) is 106 cm³/mol. The molecule has 0 N–H and O–H groups in total. The van der Waals surface area contributed by atoms with Crippen LogP contribution < -0.4 is 0 Å². The smallest absolute Gasteiger partial charge is 0.312 e. The lowest BCUT2D eigenvalue weighted by molar-refractivity contribution is -0.137. The molecule has 0 bridgehead atoms. The molecule has 0 spiro atoms. The first-order valence-corrected chi connectivity index (χ1v) is 9.76. The third-order valence-corrected chi connectivity index (χ3v) is 5.13. The van der Waals surface area contributed by atoms with Crippen LogP contribution in [-0.4, -0.2) is 26.0 Å². The van der Waals surface area contributed by atoms with Gasteiger partial charge in [-0.05, 0) is 35.6 Å². The summed E-state index contributed by atoms with van der Waals surface area (Å²) in [7, 11) is 1.76. The zero-order valence-electron chi connectivity index (χ0n) is 14.7. The zero-order valence-corrected chi connectivity index (χ0v) is 16.3. The number of hydrogen-bond acceptors (Lipinski definition) is 3. The van der Waals surface area contributed by atoms with Crippen molar-refractivity contribution >= 4 is 46.2 Å². The van der Waals surface area contributed by atoms with Crippen molar-refractivity contribution in [2.45, 2.75) is 13.1 Å². The second kappa shape index (κ2) is 7.94. The summed E-state index contributed by atoms with van der Waals surface area (Å²) in [5.74, 6) is 2.18. The molecule has 2 aromatic heterocycles. The summed E-state index contributed by atoms with van der Waals surface area (Å²) in [6, 6.07) is 8.43. The van der Waals surface area contributed by atoms with E-state index >= 15 is 0 Å². The van der Waals surface area contributed by atoms with Gasteiger partial charge < -0.3 is 4.57 Å². The quantitative estimate of drug-likeness (QED) is 0.521. The van der Waals surface area contributed by atoms with Gasteiger partial charge in [0, 0.05) is 29.6 Å². The second-order valence-electron chi connectivity index (χ2n) is 5.92. The van der Waals surface area contributed by atoms with Gasteiger partial charge in [-0.25, -0.2) is 9.97 Å². The Morgan fingerprint density at radius 3 is 2.74 bits per heavy atom. The summed E-state index contributed by atoms with van der Waals surface area (Å²) >= 11 is 7.77. The molecule has 0 saturated carbocycles. The van der Waals surface area contributed by atoms with E-state index in [1.54, 1.807) is 29.4 Å². The van der Waals surface area contributed by atoms with Gasteiger partial charge in [0.1, 0.15) is 11.3 Å². The Kier molecular flexibility index (Phi) is 5.81. The Labute approximate surface area is 164 Å². The first kappa shape index (κ1) is 19.8. The summed E-state index contributed by atoms with van der Waals surface area (Å²) in [6.07, 6.45) is -1.65. The number of rotatable bonds is 5. The molecule has 3 nitrogen and oxygen atoms in total. The van der Waals surface area contributed by atoms with E-state index in [4.69, 9.17) is 11.6 Å². The number of fused-ring (bicyclic) bond motifs is 1. The molecule has 0 atom stereocenters. The Morgan fingerprint density at radius 1 is 1.30 bits per heavy atom. The first-order chi connectivity index (χ1) is 12.8. The van der Waals surface area contributed by atoms with E-state index in [9.17, 15) is 13.2 Å². The van der Waals surface area contributed by atoms with E-state index < -0.39 is 11.7 Å². The molecule has 3 aromatic rings. The van der Waals surface area contributed by atoms with Gasteiger partial charge in [0.15, 0.2) is 5.65 Å². The van der Waals surface area contributed by atoms with Gasteiger partial charge in [-0.1, -0.05) is 30.7 Å². The molecule has 0 unspecified atom stereocenters. The number of halogens is 4. The summed E-state index contributed by atoms with van der Waals surface area (Å²) in [5, 5.41) is 0.618. The van der Waals surface area contributed by atoms with E-state index in [0.29, 0.717) is 22.2 Å². The van der Waals surface area contributed by atoms with Crippen LogP contribution in [0.5, 0.6) is 0 Å². The second-order valence-corrected chi connectivity index (χ2v) is 7.63. The molecule has 0 amide bonds. The molecule has 2 heterocycles. The van der Waals surface area contributed by atoms with E-state index in [0.717, 1.165) is 29.2 Å². The van der Waals surface area contributed by atoms with Gasteiger partial charge in [0.05, 0.1) is 5.56 Å². The van der Waals surface area contributed by atoms with Crippen LogP contribution in [0.15, 0.2) is 36.5 Å². The lowest BCUT2D eigenvalue weighted by Crippen LogP contribution is -2.05. The van der Waals surface area contributed by atoms with E-state index in [-0.39, 0.29) is 5.52 Å². The largest absolute Gasteiger partial charge is 0.417 e. The molecular formula is C19H17ClF3N3S. The number of imidazole rings is 1. The summed E-state index contributed by atoms with van der Waals surface area (Å²) in [5.41, 5.74) is 1.64. The van der Waals surface area contributed by atoms with Crippen molar-refractivity contribution < 1.29 is 13.2 Å². The molecule has 142 valence electrons. The van der Waals surface area contributed by atoms with E-state index in [1.807, 2.05) is 31.2 Å². The van der Waals surface area contributed by atoms with E-state index in [2.05, 4.69) is 9.97 Å². The Bertz CT molecular complexity index is 996. The Morgan fingerprint density at radius 2 is 2.07 bits per heavy atom.